The van der Waals surface area contributed by atoms with Gasteiger partial charge in [-0.15, -0.1) is 0 Å². The number of benzene rings is 1. The van der Waals surface area contributed by atoms with E-state index in [0.717, 1.165) is 11.3 Å². The number of primary amides is 1. The van der Waals surface area contributed by atoms with Crippen LogP contribution in [0.1, 0.15) is 16.1 Å². The third-order valence-corrected chi connectivity index (χ3v) is 2.56. The van der Waals surface area contributed by atoms with Gasteiger partial charge in [0.05, 0.1) is 12.7 Å². The van der Waals surface area contributed by atoms with E-state index >= 15 is 0 Å². The Morgan fingerprint density at radius 2 is 2.00 bits per heavy atom. The lowest BCUT2D eigenvalue weighted by molar-refractivity contribution is 0.100. The summed E-state index contributed by atoms with van der Waals surface area (Å²) >= 11 is 0. The molecule has 5 nitrogen and oxygen atoms in total. The molecule has 0 unspecified atom stereocenters. The van der Waals surface area contributed by atoms with E-state index in [2.05, 4.69) is 10.2 Å². The van der Waals surface area contributed by atoms with Gasteiger partial charge in [-0.25, -0.2) is 0 Å². The first-order valence-corrected chi connectivity index (χ1v) is 5.12. The van der Waals surface area contributed by atoms with Crippen LogP contribution >= 0.6 is 0 Å². The van der Waals surface area contributed by atoms with Gasteiger partial charge in [-0.05, 0) is 31.2 Å². The van der Waals surface area contributed by atoms with Crippen molar-refractivity contribution in [1.29, 1.82) is 0 Å². The van der Waals surface area contributed by atoms with Gasteiger partial charge in [0, 0.05) is 11.3 Å². The maximum atomic E-state index is 11.3. The number of aromatic nitrogens is 2. The first-order valence-electron chi connectivity index (χ1n) is 5.12. The topological polar surface area (TPSA) is 81.0 Å². The molecule has 2 rings (SSSR count). The Bertz CT molecular complexity index is 543. The average Bonchev–Trinajstić information content (AvgIpc) is 2.71. The summed E-state index contributed by atoms with van der Waals surface area (Å²) < 4.78 is 5.07. The van der Waals surface area contributed by atoms with Crippen LogP contribution in [0.5, 0.6) is 5.75 Å². The van der Waals surface area contributed by atoms with E-state index < -0.39 is 5.91 Å². The lowest BCUT2D eigenvalue weighted by atomic mass is 10.1. The zero-order valence-electron chi connectivity index (χ0n) is 9.65. The third-order valence-electron chi connectivity index (χ3n) is 2.56. The van der Waals surface area contributed by atoms with Crippen LogP contribution in [0.15, 0.2) is 24.3 Å². The smallest absolute Gasteiger partial charge is 0.252 e. The first-order chi connectivity index (χ1) is 8.13. The summed E-state index contributed by atoms with van der Waals surface area (Å²) in [5, 5.41) is 6.86. The van der Waals surface area contributed by atoms with Crippen LogP contribution in [0.4, 0.5) is 0 Å². The van der Waals surface area contributed by atoms with E-state index in [-0.39, 0.29) is 0 Å². The van der Waals surface area contributed by atoms with Crippen LogP contribution in [0.25, 0.3) is 11.3 Å². The number of ether oxygens (including phenoxy) is 1. The number of rotatable bonds is 3. The number of amides is 1. The molecule has 2 aromatic rings. The minimum atomic E-state index is -0.484. The number of aryl methyl sites for hydroxylation is 1. The quantitative estimate of drug-likeness (QED) is 0.839. The molecule has 17 heavy (non-hydrogen) atoms. The van der Waals surface area contributed by atoms with E-state index in [1.54, 1.807) is 14.0 Å². The number of nitrogens with zero attached hydrogens (tertiary/aromatic N) is 1. The molecule has 0 aliphatic carbocycles. The molecule has 0 radical (unpaired) electrons. The summed E-state index contributed by atoms with van der Waals surface area (Å²) in [5.41, 5.74) is 7.82. The molecule has 1 amide bonds. The highest BCUT2D eigenvalue weighted by Crippen LogP contribution is 2.25. The lowest BCUT2D eigenvalue weighted by Gasteiger charge is -2.02. The van der Waals surface area contributed by atoms with Gasteiger partial charge in [0.2, 0.25) is 0 Å². The summed E-state index contributed by atoms with van der Waals surface area (Å²) in [5.74, 6) is 0.267. The van der Waals surface area contributed by atoms with Crippen LogP contribution in [0.3, 0.4) is 0 Å². The lowest BCUT2D eigenvalue weighted by Crippen LogP contribution is -2.12. The van der Waals surface area contributed by atoms with Crippen molar-refractivity contribution in [3.05, 3.63) is 35.5 Å². The fourth-order valence-corrected chi connectivity index (χ4v) is 1.69. The van der Waals surface area contributed by atoms with Crippen LogP contribution in [0.2, 0.25) is 0 Å². The van der Waals surface area contributed by atoms with Crippen molar-refractivity contribution < 1.29 is 9.53 Å². The van der Waals surface area contributed by atoms with Crippen molar-refractivity contribution in [2.75, 3.05) is 7.11 Å². The Hall–Kier alpha value is -2.30. The predicted molar refractivity (Wildman–Crippen MR) is 63.8 cm³/mol. The molecular formula is C12H13N3O2. The largest absolute Gasteiger partial charge is 0.497 e. The fourth-order valence-electron chi connectivity index (χ4n) is 1.69. The van der Waals surface area contributed by atoms with Crippen LogP contribution < -0.4 is 10.5 Å². The standard InChI is InChI=1S/C12H13N3O2/c1-7-10(12(13)16)11(15-14-7)8-3-5-9(17-2)6-4-8/h3-6H,1-2H3,(H2,13,16)(H,14,15). The van der Waals surface area contributed by atoms with Crippen molar-refractivity contribution in [3.8, 4) is 17.0 Å². The summed E-state index contributed by atoms with van der Waals surface area (Å²) in [7, 11) is 1.60. The van der Waals surface area contributed by atoms with Gasteiger partial charge < -0.3 is 10.5 Å². The highest BCUT2D eigenvalue weighted by molar-refractivity contribution is 5.99. The Labute approximate surface area is 98.6 Å². The second-order valence-electron chi connectivity index (χ2n) is 3.66. The first kappa shape index (κ1) is 11.2. The molecule has 1 aromatic carbocycles. The minimum absolute atomic E-state index is 0.426. The molecule has 0 atom stereocenters. The molecule has 1 heterocycles. The van der Waals surface area contributed by atoms with Crippen molar-refractivity contribution >= 4 is 5.91 Å². The van der Waals surface area contributed by atoms with Gasteiger partial charge in [0.15, 0.2) is 0 Å². The van der Waals surface area contributed by atoms with E-state index in [1.165, 1.54) is 0 Å². The van der Waals surface area contributed by atoms with Gasteiger partial charge in [0.25, 0.3) is 5.91 Å². The summed E-state index contributed by atoms with van der Waals surface area (Å²) in [6.07, 6.45) is 0. The molecule has 0 aliphatic rings. The Kier molecular flexibility index (Phi) is 2.82. The Morgan fingerprint density at radius 1 is 1.35 bits per heavy atom. The second kappa shape index (κ2) is 4.29. The number of nitrogens with two attached hydrogens (primary N) is 1. The maximum Gasteiger partial charge on any atom is 0.252 e. The number of hydrogen-bond acceptors (Lipinski definition) is 3. The van der Waals surface area contributed by atoms with E-state index in [1.807, 2.05) is 24.3 Å². The molecule has 0 saturated carbocycles. The number of hydrogen-bond donors (Lipinski definition) is 2. The molecule has 0 aliphatic heterocycles. The molecule has 3 N–H and O–H groups in total. The van der Waals surface area contributed by atoms with Gasteiger partial charge in [0.1, 0.15) is 11.4 Å². The summed E-state index contributed by atoms with van der Waals surface area (Å²) in [6.45, 7) is 1.76. The number of H-pyrrole nitrogens is 1. The molecular weight excluding hydrogens is 218 g/mol. The third kappa shape index (κ3) is 1.99. The monoisotopic (exact) mass is 231 g/mol. The highest BCUT2D eigenvalue weighted by atomic mass is 16.5. The Morgan fingerprint density at radius 3 is 2.53 bits per heavy atom. The molecule has 5 heteroatoms. The van der Waals surface area contributed by atoms with E-state index in [9.17, 15) is 4.79 Å². The fraction of sp³-hybridized carbons (Fsp3) is 0.167. The van der Waals surface area contributed by atoms with Crippen molar-refractivity contribution in [2.24, 2.45) is 5.73 Å². The normalized spacial score (nSPS) is 10.2. The molecule has 0 saturated heterocycles. The number of methoxy groups -OCH3 is 1. The van der Waals surface area contributed by atoms with E-state index in [0.29, 0.717) is 17.0 Å². The molecule has 88 valence electrons. The number of nitrogens with one attached hydrogen (secondary N) is 1. The highest BCUT2D eigenvalue weighted by Gasteiger charge is 2.16. The molecule has 1 aromatic heterocycles. The van der Waals surface area contributed by atoms with Gasteiger partial charge in [-0.3, -0.25) is 9.89 Å². The predicted octanol–water partition coefficient (Wildman–Crippen LogP) is 1.49. The van der Waals surface area contributed by atoms with Gasteiger partial charge in [-0.1, -0.05) is 0 Å². The summed E-state index contributed by atoms with van der Waals surface area (Å²) in [4.78, 5) is 11.3. The number of carbonyl (C=O) groups is 1. The van der Waals surface area contributed by atoms with Crippen molar-refractivity contribution in [1.82, 2.24) is 10.2 Å². The molecule has 0 spiro atoms. The minimum Gasteiger partial charge on any atom is -0.497 e. The van der Waals surface area contributed by atoms with Crippen molar-refractivity contribution in [3.63, 3.8) is 0 Å². The molecule has 0 fully saturated rings. The number of carbonyl (C=O) groups excluding carboxylic acids is 1. The summed E-state index contributed by atoms with van der Waals surface area (Å²) in [6, 6.07) is 7.29. The maximum absolute atomic E-state index is 11.3. The molecule has 0 bridgehead atoms. The van der Waals surface area contributed by atoms with Crippen molar-refractivity contribution in [2.45, 2.75) is 6.92 Å². The van der Waals surface area contributed by atoms with Gasteiger partial charge in [-0.2, -0.15) is 5.10 Å². The SMILES string of the molecule is COc1ccc(-c2n[nH]c(C)c2C(N)=O)cc1. The van der Waals surface area contributed by atoms with E-state index in [4.69, 9.17) is 10.5 Å². The zero-order chi connectivity index (χ0) is 12.4. The van der Waals surface area contributed by atoms with Crippen LogP contribution in [-0.4, -0.2) is 23.2 Å². The van der Waals surface area contributed by atoms with Crippen LogP contribution in [0, 0.1) is 6.92 Å². The number of aromatic amines is 1. The van der Waals surface area contributed by atoms with Crippen LogP contribution in [-0.2, 0) is 0 Å². The zero-order valence-corrected chi connectivity index (χ0v) is 9.65. The van der Waals surface area contributed by atoms with Gasteiger partial charge >= 0.3 is 0 Å². The second-order valence-corrected chi connectivity index (χ2v) is 3.66. The Balaban J connectivity index is 2.49. The average molecular weight is 231 g/mol.